The van der Waals surface area contributed by atoms with Gasteiger partial charge in [0.1, 0.15) is 6.10 Å². The van der Waals surface area contributed by atoms with Crippen LogP contribution in [0.15, 0.2) is 36.7 Å². The molecule has 3 rings (SSSR count). The molecule has 1 aliphatic heterocycles. The molecule has 1 amide bonds. The van der Waals surface area contributed by atoms with Gasteiger partial charge in [0.25, 0.3) is 5.91 Å². The molecule has 0 spiro atoms. The fraction of sp³-hybridized carbons (Fsp3) is 0.353. The average Bonchev–Trinajstić information content (AvgIpc) is 2.56. The van der Waals surface area contributed by atoms with E-state index in [2.05, 4.69) is 9.97 Å². The van der Waals surface area contributed by atoms with E-state index in [0.717, 1.165) is 30.8 Å². The van der Waals surface area contributed by atoms with Gasteiger partial charge in [0.15, 0.2) is 5.82 Å². The number of halogens is 1. The van der Waals surface area contributed by atoms with Crippen molar-refractivity contribution in [2.45, 2.75) is 25.9 Å². The summed E-state index contributed by atoms with van der Waals surface area (Å²) in [6.45, 7) is 3.15. The van der Waals surface area contributed by atoms with Gasteiger partial charge >= 0.3 is 6.01 Å². The van der Waals surface area contributed by atoms with Crippen LogP contribution in [0.4, 0.5) is 4.39 Å². The lowest BCUT2D eigenvalue weighted by Gasteiger charge is -2.32. The van der Waals surface area contributed by atoms with Crippen molar-refractivity contribution in [3.63, 3.8) is 0 Å². The molecule has 5 nitrogen and oxygen atoms in total. The number of aromatic nitrogens is 2. The molecule has 1 fully saturated rings. The van der Waals surface area contributed by atoms with Crippen LogP contribution in [0.5, 0.6) is 6.01 Å². The molecule has 0 N–H and O–H groups in total. The third-order valence-corrected chi connectivity index (χ3v) is 3.80. The smallest absolute Gasteiger partial charge is 0.316 e. The molecule has 1 unspecified atom stereocenters. The maximum absolute atomic E-state index is 12.8. The first-order chi connectivity index (χ1) is 11.1. The molecule has 0 saturated carbocycles. The Morgan fingerprint density at radius 3 is 2.87 bits per heavy atom. The zero-order valence-corrected chi connectivity index (χ0v) is 12.9. The van der Waals surface area contributed by atoms with E-state index < -0.39 is 5.82 Å². The molecule has 23 heavy (non-hydrogen) atoms. The molecule has 1 saturated heterocycles. The van der Waals surface area contributed by atoms with Gasteiger partial charge in [-0.3, -0.25) is 4.79 Å². The summed E-state index contributed by atoms with van der Waals surface area (Å²) in [5.74, 6) is -0.501. The van der Waals surface area contributed by atoms with E-state index in [1.165, 1.54) is 0 Å². The Kier molecular flexibility index (Phi) is 4.50. The van der Waals surface area contributed by atoms with Crippen molar-refractivity contribution in [3.8, 4) is 6.01 Å². The third-order valence-electron chi connectivity index (χ3n) is 3.80. The second kappa shape index (κ2) is 6.73. The number of hydrogen-bond acceptors (Lipinski definition) is 4. The predicted octanol–water partition coefficient (Wildman–Crippen LogP) is 2.61. The Bertz CT molecular complexity index is 690. The molecule has 1 atom stereocenters. The van der Waals surface area contributed by atoms with Crippen molar-refractivity contribution >= 4 is 5.91 Å². The second-order valence-electron chi connectivity index (χ2n) is 5.69. The van der Waals surface area contributed by atoms with E-state index >= 15 is 0 Å². The number of ether oxygens (including phenoxy) is 1. The van der Waals surface area contributed by atoms with Gasteiger partial charge in [-0.15, -0.1) is 0 Å². The highest BCUT2D eigenvalue weighted by Gasteiger charge is 2.26. The Hall–Kier alpha value is -2.50. The van der Waals surface area contributed by atoms with Gasteiger partial charge in [-0.2, -0.15) is 0 Å². The van der Waals surface area contributed by atoms with Gasteiger partial charge in [-0.25, -0.2) is 14.4 Å². The number of hydrogen-bond donors (Lipinski definition) is 0. The topological polar surface area (TPSA) is 55.3 Å². The fourth-order valence-corrected chi connectivity index (χ4v) is 2.69. The van der Waals surface area contributed by atoms with Crippen LogP contribution in [-0.4, -0.2) is 40.0 Å². The lowest BCUT2D eigenvalue weighted by molar-refractivity contribution is 0.0515. The molecule has 1 aromatic heterocycles. The Morgan fingerprint density at radius 2 is 2.13 bits per heavy atom. The molecule has 0 bridgehead atoms. The lowest BCUT2D eigenvalue weighted by atomic mass is 10.1. The molecular formula is C17H18FN3O2. The zero-order valence-electron chi connectivity index (χ0n) is 12.9. The lowest BCUT2D eigenvalue weighted by Crippen LogP contribution is -2.44. The summed E-state index contributed by atoms with van der Waals surface area (Å²) in [4.78, 5) is 22.0. The molecule has 1 aliphatic rings. The standard InChI is InChI=1S/C17H18FN3O2/c1-12-4-2-5-13(8-12)16(22)21-7-3-6-15(11-21)23-17-19-9-14(18)10-20-17/h2,4-5,8-10,15H,3,6-7,11H2,1H3. The number of rotatable bonds is 3. The minimum Gasteiger partial charge on any atom is -0.458 e. The van der Waals surface area contributed by atoms with Gasteiger partial charge in [0, 0.05) is 12.1 Å². The van der Waals surface area contributed by atoms with Crippen molar-refractivity contribution in [2.24, 2.45) is 0 Å². The minimum absolute atomic E-state index is 0.00187. The summed E-state index contributed by atoms with van der Waals surface area (Å²) in [5, 5.41) is 0. The van der Waals surface area contributed by atoms with Crippen molar-refractivity contribution in [1.82, 2.24) is 14.9 Å². The number of carbonyl (C=O) groups is 1. The summed E-state index contributed by atoms with van der Waals surface area (Å²) in [7, 11) is 0. The van der Waals surface area contributed by atoms with E-state index in [1.54, 1.807) is 4.90 Å². The van der Waals surface area contributed by atoms with Crippen LogP contribution in [0.2, 0.25) is 0 Å². The van der Waals surface area contributed by atoms with E-state index in [0.29, 0.717) is 18.7 Å². The van der Waals surface area contributed by atoms with Crippen molar-refractivity contribution in [1.29, 1.82) is 0 Å². The zero-order chi connectivity index (χ0) is 16.2. The summed E-state index contributed by atoms with van der Waals surface area (Å²) >= 11 is 0. The van der Waals surface area contributed by atoms with Crippen LogP contribution in [0.3, 0.4) is 0 Å². The van der Waals surface area contributed by atoms with Crippen LogP contribution < -0.4 is 4.74 Å². The molecule has 2 aromatic rings. The van der Waals surface area contributed by atoms with Gasteiger partial charge in [0.2, 0.25) is 0 Å². The quantitative estimate of drug-likeness (QED) is 0.873. The van der Waals surface area contributed by atoms with Gasteiger partial charge in [-0.1, -0.05) is 17.7 Å². The first-order valence-corrected chi connectivity index (χ1v) is 7.62. The Labute approximate surface area is 134 Å². The van der Waals surface area contributed by atoms with Crippen LogP contribution in [0.1, 0.15) is 28.8 Å². The molecular weight excluding hydrogens is 297 g/mol. The number of likely N-dealkylation sites (tertiary alicyclic amines) is 1. The molecule has 2 heterocycles. The molecule has 120 valence electrons. The number of carbonyl (C=O) groups excluding carboxylic acids is 1. The van der Waals surface area contributed by atoms with E-state index in [9.17, 15) is 9.18 Å². The monoisotopic (exact) mass is 315 g/mol. The highest BCUT2D eigenvalue weighted by atomic mass is 19.1. The number of benzene rings is 1. The van der Waals surface area contributed by atoms with Crippen molar-refractivity contribution in [3.05, 3.63) is 53.6 Å². The summed E-state index contributed by atoms with van der Waals surface area (Å²) in [6.07, 6.45) is 3.63. The maximum atomic E-state index is 12.8. The minimum atomic E-state index is -0.503. The number of piperidine rings is 1. The maximum Gasteiger partial charge on any atom is 0.316 e. The van der Waals surface area contributed by atoms with Gasteiger partial charge in [-0.05, 0) is 31.9 Å². The van der Waals surface area contributed by atoms with Crippen LogP contribution in [0, 0.1) is 12.7 Å². The molecule has 1 aromatic carbocycles. The predicted molar refractivity (Wildman–Crippen MR) is 82.7 cm³/mol. The normalized spacial score (nSPS) is 17.8. The van der Waals surface area contributed by atoms with Gasteiger partial charge < -0.3 is 9.64 Å². The first-order valence-electron chi connectivity index (χ1n) is 7.62. The summed E-state index contributed by atoms with van der Waals surface area (Å²) < 4.78 is 18.5. The first kappa shape index (κ1) is 15.4. The van der Waals surface area contributed by atoms with E-state index in [1.807, 2.05) is 31.2 Å². The molecule has 0 radical (unpaired) electrons. The highest BCUT2D eigenvalue weighted by Crippen LogP contribution is 2.18. The fourth-order valence-electron chi connectivity index (χ4n) is 2.69. The van der Waals surface area contributed by atoms with E-state index in [-0.39, 0.29) is 18.0 Å². The van der Waals surface area contributed by atoms with Gasteiger partial charge in [0.05, 0.1) is 18.9 Å². The SMILES string of the molecule is Cc1cccc(C(=O)N2CCCC(Oc3ncc(F)cn3)C2)c1. The second-order valence-corrected chi connectivity index (χ2v) is 5.69. The molecule has 6 heteroatoms. The number of nitrogens with zero attached hydrogens (tertiary/aromatic N) is 3. The van der Waals surface area contributed by atoms with Crippen LogP contribution in [-0.2, 0) is 0 Å². The molecule has 0 aliphatic carbocycles. The van der Waals surface area contributed by atoms with E-state index in [4.69, 9.17) is 4.74 Å². The number of amides is 1. The number of aryl methyl sites for hydroxylation is 1. The van der Waals surface area contributed by atoms with Crippen LogP contribution >= 0.6 is 0 Å². The summed E-state index contributed by atoms with van der Waals surface area (Å²) in [6, 6.07) is 7.69. The largest absolute Gasteiger partial charge is 0.458 e. The average molecular weight is 315 g/mol. The van der Waals surface area contributed by atoms with Crippen molar-refractivity contribution < 1.29 is 13.9 Å². The third kappa shape index (κ3) is 3.83. The summed E-state index contributed by atoms with van der Waals surface area (Å²) in [5.41, 5.74) is 1.74. The van der Waals surface area contributed by atoms with Crippen LogP contribution in [0.25, 0.3) is 0 Å². The van der Waals surface area contributed by atoms with Crippen molar-refractivity contribution in [2.75, 3.05) is 13.1 Å². The Balaban J connectivity index is 1.66. The highest BCUT2D eigenvalue weighted by molar-refractivity contribution is 5.94. The Morgan fingerprint density at radius 1 is 1.35 bits per heavy atom.